The average molecular weight is 206 g/mol. The molecule has 0 radical (unpaired) electrons. The number of aryl methyl sites for hydroxylation is 2. The van der Waals surface area contributed by atoms with Crippen LogP contribution in [0.25, 0.3) is 0 Å². The van der Waals surface area contributed by atoms with Gasteiger partial charge in [0.2, 0.25) is 5.88 Å². The molecule has 0 aliphatic heterocycles. The first kappa shape index (κ1) is 10.4. The van der Waals surface area contributed by atoms with Crippen LogP contribution in [-0.4, -0.2) is 11.6 Å². The largest absolute Gasteiger partial charge is 0.478 e. The maximum absolute atomic E-state index is 5.69. The van der Waals surface area contributed by atoms with E-state index in [2.05, 4.69) is 11.1 Å². The van der Waals surface area contributed by atoms with Gasteiger partial charge in [0.05, 0.1) is 6.61 Å². The zero-order valence-corrected chi connectivity index (χ0v) is 9.25. The summed E-state index contributed by atoms with van der Waals surface area (Å²) >= 11 is 0. The SMILES string of the molecule is CCOc1nc2c(cc1CN)CCCC2. The van der Waals surface area contributed by atoms with Crippen molar-refractivity contribution in [3.63, 3.8) is 0 Å². The Hall–Kier alpha value is -1.09. The number of fused-ring (bicyclic) bond motifs is 1. The van der Waals surface area contributed by atoms with Crippen molar-refractivity contribution in [1.29, 1.82) is 0 Å². The van der Waals surface area contributed by atoms with E-state index in [4.69, 9.17) is 10.5 Å². The monoisotopic (exact) mass is 206 g/mol. The van der Waals surface area contributed by atoms with Crippen LogP contribution in [0.2, 0.25) is 0 Å². The molecule has 3 heteroatoms. The molecule has 0 fully saturated rings. The number of aromatic nitrogens is 1. The Kier molecular flexibility index (Phi) is 3.21. The Morgan fingerprint density at radius 2 is 2.20 bits per heavy atom. The minimum Gasteiger partial charge on any atom is -0.478 e. The summed E-state index contributed by atoms with van der Waals surface area (Å²) in [6.45, 7) is 3.13. The van der Waals surface area contributed by atoms with Crippen molar-refractivity contribution in [3.05, 3.63) is 22.9 Å². The molecule has 15 heavy (non-hydrogen) atoms. The first-order valence-corrected chi connectivity index (χ1v) is 5.69. The molecular weight excluding hydrogens is 188 g/mol. The summed E-state index contributed by atoms with van der Waals surface area (Å²) in [5, 5.41) is 0. The van der Waals surface area contributed by atoms with Gasteiger partial charge in [0.1, 0.15) is 0 Å². The number of nitrogens with two attached hydrogens (primary N) is 1. The van der Waals surface area contributed by atoms with Gasteiger partial charge in [-0.15, -0.1) is 0 Å². The van der Waals surface area contributed by atoms with Gasteiger partial charge in [0.15, 0.2) is 0 Å². The van der Waals surface area contributed by atoms with Crippen molar-refractivity contribution < 1.29 is 4.74 Å². The predicted molar refractivity (Wildman–Crippen MR) is 59.9 cm³/mol. The van der Waals surface area contributed by atoms with Gasteiger partial charge in [0, 0.05) is 17.8 Å². The van der Waals surface area contributed by atoms with E-state index in [9.17, 15) is 0 Å². The van der Waals surface area contributed by atoms with E-state index in [0.29, 0.717) is 13.2 Å². The summed E-state index contributed by atoms with van der Waals surface area (Å²) in [4.78, 5) is 4.57. The Morgan fingerprint density at radius 1 is 1.40 bits per heavy atom. The second kappa shape index (κ2) is 4.62. The Bertz CT molecular complexity index is 350. The molecule has 1 aromatic rings. The third-order valence-corrected chi connectivity index (χ3v) is 2.84. The van der Waals surface area contributed by atoms with E-state index >= 15 is 0 Å². The lowest BCUT2D eigenvalue weighted by molar-refractivity contribution is 0.321. The molecule has 0 saturated carbocycles. The van der Waals surface area contributed by atoms with Crippen LogP contribution in [0.4, 0.5) is 0 Å². The van der Waals surface area contributed by atoms with Gasteiger partial charge in [-0.1, -0.05) is 0 Å². The number of ether oxygens (including phenoxy) is 1. The summed E-state index contributed by atoms with van der Waals surface area (Å²) in [5.41, 5.74) is 9.31. The lowest BCUT2D eigenvalue weighted by Crippen LogP contribution is -2.11. The third kappa shape index (κ3) is 2.12. The van der Waals surface area contributed by atoms with Gasteiger partial charge in [-0.05, 0) is 44.2 Å². The Labute approximate surface area is 90.7 Å². The number of nitrogens with zero attached hydrogens (tertiary/aromatic N) is 1. The zero-order chi connectivity index (χ0) is 10.7. The van der Waals surface area contributed by atoms with E-state index < -0.39 is 0 Å². The molecule has 0 atom stereocenters. The van der Waals surface area contributed by atoms with Crippen molar-refractivity contribution in [1.82, 2.24) is 4.98 Å². The summed E-state index contributed by atoms with van der Waals surface area (Å²) in [6, 6.07) is 2.17. The summed E-state index contributed by atoms with van der Waals surface area (Å²) < 4.78 is 5.50. The Morgan fingerprint density at radius 3 is 2.93 bits per heavy atom. The fraction of sp³-hybridized carbons (Fsp3) is 0.583. The first-order chi connectivity index (χ1) is 7.35. The van der Waals surface area contributed by atoms with Gasteiger partial charge >= 0.3 is 0 Å². The molecule has 0 saturated heterocycles. The lowest BCUT2D eigenvalue weighted by atomic mass is 9.95. The summed E-state index contributed by atoms with van der Waals surface area (Å²) in [7, 11) is 0. The summed E-state index contributed by atoms with van der Waals surface area (Å²) in [6.07, 6.45) is 4.74. The molecule has 2 N–H and O–H groups in total. The molecule has 1 heterocycles. The van der Waals surface area contributed by atoms with E-state index in [1.54, 1.807) is 0 Å². The lowest BCUT2D eigenvalue weighted by Gasteiger charge is -2.17. The van der Waals surface area contributed by atoms with Crippen molar-refractivity contribution in [2.24, 2.45) is 5.73 Å². The summed E-state index contributed by atoms with van der Waals surface area (Å²) in [5.74, 6) is 0.737. The van der Waals surface area contributed by atoms with E-state index in [-0.39, 0.29) is 0 Å². The average Bonchev–Trinajstić information content (AvgIpc) is 2.28. The number of hydrogen-bond acceptors (Lipinski definition) is 3. The smallest absolute Gasteiger partial charge is 0.218 e. The molecule has 1 aromatic heterocycles. The second-order valence-electron chi connectivity index (χ2n) is 3.90. The highest BCUT2D eigenvalue weighted by molar-refractivity contribution is 5.35. The van der Waals surface area contributed by atoms with Gasteiger partial charge in [0.25, 0.3) is 0 Å². The standard InChI is InChI=1S/C12H18N2O/c1-2-15-12-10(8-13)7-9-5-3-4-6-11(9)14-12/h7H,2-6,8,13H2,1H3. The maximum atomic E-state index is 5.69. The molecule has 0 unspecified atom stereocenters. The van der Waals surface area contributed by atoms with Gasteiger partial charge < -0.3 is 10.5 Å². The third-order valence-electron chi connectivity index (χ3n) is 2.84. The fourth-order valence-electron chi connectivity index (χ4n) is 2.07. The van der Waals surface area contributed by atoms with E-state index in [1.165, 1.54) is 24.1 Å². The number of rotatable bonds is 3. The Balaban J connectivity index is 2.37. The quantitative estimate of drug-likeness (QED) is 0.820. The molecule has 3 nitrogen and oxygen atoms in total. The first-order valence-electron chi connectivity index (χ1n) is 5.69. The highest BCUT2D eigenvalue weighted by atomic mass is 16.5. The highest BCUT2D eigenvalue weighted by Gasteiger charge is 2.14. The van der Waals surface area contributed by atoms with Crippen molar-refractivity contribution >= 4 is 0 Å². The van der Waals surface area contributed by atoms with Crippen LogP contribution in [-0.2, 0) is 19.4 Å². The van der Waals surface area contributed by atoms with Crippen LogP contribution < -0.4 is 10.5 Å². The van der Waals surface area contributed by atoms with Crippen molar-refractivity contribution in [3.8, 4) is 5.88 Å². The van der Waals surface area contributed by atoms with Crippen LogP contribution >= 0.6 is 0 Å². The van der Waals surface area contributed by atoms with Crippen LogP contribution in [0.5, 0.6) is 5.88 Å². The van der Waals surface area contributed by atoms with E-state index in [1.807, 2.05) is 6.92 Å². The minimum atomic E-state index is 0.510. The molecular formula is C12H18N2O. The van der Waals surface area contributed by atoms with E-state index in [0.717, 1.165) is 24.3 Å². The normalized spacial score (nSPS) is 14.8. The molecule has 0 bridgehead atoms. The molecule has 0 spiro atoms. The van der Waals surface area contributed by atoms with Crippen molar-refractivity contribution in [2.45, 2.75) is 39.2 Å². The van der Waals surface area contributed by atoms with Gasteiger partial charge in [-0.3, -0.25) is 0 Å². The van der Waals surface area contributed by atoms with Crippen LogP contribution in [0.1, 0.15) is 36.6 Å². The van der Waals surface area contributed by atoms with Crippen LogP contribution in [0, 0.1) is 0 Å². The molecule has 0 amide bonds. The second-order valence-corrected chi connectivity index (χ2v) is 3.90. The number of hydrogen-bond donors (Lipinski definition) is 1. The maximum Gasteiger partial charge on any atom is 0.218 e. The van der Waals surface area contributed by atoms with Crippen molar-refractivity contribution in [2.75, 3.05) is 6.61 Å². The fourth-order valence-corrected chi connectivity index (χ4v) is 2.07. The minimum absolute atomic E-state index is 0.510. The molecule has 1 aliphatic rings. The molecule has 82 valence electrons. The number of pyridine rings is 1. The molecule has 1 aliphatic carbocycles. The van der Waals surface area contributed by atoms with Gasteiger partial charge in [-0.25, -0.2) is 4.98 Å². The van der Waals surface area contributed by atoms with Crippen LogP contribution in [0.3, 0.4) is 0 Å². The van der Waals surface area contributed by atoms with Crippen LogP contribution in [0.15, 0.2) is 6.07 Å². The zero-order valence-electron chi connectivity index (χ0n) is 9.25. The highest BCUT2D eigenvalue weighted by Crippen LogP contribution is 2.25. The van der Waals surface area contributed by atoms with Gasteiger partial charge in [-0.2, -0.15) is 0 Å². The molecule has 2 rings (SSSR count). The molecule has 0 aromatic carbocycles. The topological polar surface area (TPSA) is 48.1 Å². The predicted octanol–water partition coefficient (Wildman–Crippen LogP) is 1.82.